The average molecular weight is 366 g/mol. The lowest BCUT2D eigenvalue weighted by Crippen LogP contribution is -2.32. The highest BCUT2D eigenvalue weighted by atomic mass is 35.5. The predicted octanol–water partition coefficient (Wildman–Crippen LogP) is 4.52. The van der Waals surface area contributed by atoms with E-state index in [1.54, 1.807) is 24.3 Å². The molecule has 2 amide bonds. The molecule has 118 valence electrons. The molecule has 1 aromatic heterocycles. The van der Waals surface area contributed by atoms with Crippen LogP contribution in [-0.4, -0.2) is 29.2 Å². The van der Waals surface area contributed by atoms with Crippen LogP contribution >= 0.6 is 34.7 Å². The molecule has 0 aliphatic carbocycles. The molecule has 0 saturated carbocycles. The van der Waals surface area contributed by atoms with E-state index in [4.69, 9.17) is 16.3 Å². The van der Waals surface area contributed by atoms with Crippen molar-refractivity contribution >= 4 is 51.9 Å². The molecule has 4 nitrogen and oxygen atoms in total. The molecular formula is C16H12ClNO3S2. The number of hydrogen-bond acceptors (Lipinski definition) is 5. The molecule has 2 heterocycles. The van der Waals surface area contributed by atoms with Crippen molar-refractivity contribution in [3.05, 3.63) is 56.6 Å². The zero-order valence-corrected chi connectivity index (χ0v) is 14.3. The summed E-state index contributed by atoms with van der Waals surface area (Å²) in [7, 11) is 0. The number of thioether (sulfide) groups is 1. The van der Waals surface area contributed by atoms with Crippen LogP contribution in [0.3, 0.4) is 0 Å². The van der Waals surface area contributed by atoms with Crippen LogP contribution in [-0.2, 0) is 4.79 Å². The summed E-state index contributed by atoms with van der Waals surface area (Å²) in [4.78, 5) is 26.9. The van der Waals surface area contributed by atoms with Gasteiger partial charge in [-0.25, -0.2) is 0 Å². The summed E-state index contributed by atoms with van der Waals surface area (Å²) in [6.45, 7) is 0.395. The standard InChI is InChI=1S/C16H12ClNO3S2/c17-12-5-1-2-6-13(12)21-8-7-18-15(19)14(23-16(18)20)10-11-4-3-9-22-11/h1-6,9-10H,7-8H2/b14-10-. The van der Waals surface area contributed by atoms with E-state index in [0.717, 1.165) is 16.6 Å². The van der Waals surface area contributed by atoms with E-state index >= 15 is 0 Å². The summed E-state index contributed by atoms with van der Waals surface area (Å²) in [5.41, 5.74) is 0. The van der Waals surface area contributed by atoms with Crippen molar-refractivity contribution in [2.45, 2.75) is 0 Å². The topological polar surface area (TPSA) is 46.6 Å². The van der Waals surface area contributed by atoms with Gasteiger partial charge in [0, 0.05) is 4.88 Å². The number of halogens is 1. The molecule has 23 heavy (non-hydrogen) atoms. The fourth-order valence-corrected chi connectivity index (χ4v) is 3.78. The minimum atomic E-state index is -0.281. The normalized spacial score (nSPS) is 16.4. The molecule has 1 aliphatic rings. The van der Waals surface area contributed by atoms with E-state index in [-0.39, 0.29) is 24.3 Å². The lowest BCUT2D eigenvalue weighted by Gasteiger charge is -2.13. The minimum absolute atomic E-state index is 0.192. The van der Waals surface area contributed by atoms with Gasteiger partial charge in [0.05, 0.1) is 16.5 Å². The van der Waals surface area contributed by atoms with Crippen molar-refractivity contribution in [1.29, 1.82) is 0 Å². The van der Waals surface area contributed by atoms with E-state index in [1.807, 2.05) is 23.6 Å². The summed E-state index contributed by atoms with van der Waals surface area (Å²) in [5, 5.41) is 2.15. The summed E-state index contributed by atoms with van der Waals surface area (Å²) in [5.74, 6) is 0.256. The van der Waals surface area contributed by atoms with E-state index < -0.39 is 0 Å². The average Bonchev–Trinajstić information content (AvgIpc) is 3.13. The maximum absolute atomic E-state index is 12.3. The van der Waals surface area contributed by atoms with Crippen molar-refractivity contribution in [3.63, 3.8) is 0 Å². The third-order valence-corrected chi connectivity index (χ3v) is 5.14. The van der Waals surface area contributed by atoms with Crippen LogP contribution in [0.15, 0.2) is 46.7 Å². The third kappa shape index (κ3) is 3.77. The zero-order chi connectivity index (χ0) is 16.2. The van der Waals surface area contributed by atoms with Gasteiger partial charge in [-0.05, 0) is 41.4 Å². The predicted molar refractivity (Wildman–Crippen MR) is 93.9 cm³/mol. The number of rotatable bonds is 5. The second kappa shape index (κ2) is 7.21. The highest BCUT2D eigenvalue weighted by molar-refractivity contribution is 8.18. The van der Waals surface area contributed by atoms with Gasteiger partial charge in [0.2, 0.25) is 0 Å². The molecule has 1 fully saturated rings. The number of amides is 2. The molecule has 0 N–H and O–H groups in total. The van der Waals surface area contributed by atoms with Crippen molar-refractivity contribution in [2.24, 2.45) is 0 Å². The molecule has 0 spiro atoms. The molecule has 0 bridgehead atoms. The molecule has 3 rings (SSSR count). The summed E-state index contributed by atoms with van der Waals surface area (Å²) in [6, 6.07) is 10.9. The highest BCUT2D eigenvalue weighted by Crippen LogP contribution is 2.32. The Balaban J connectivity index is 1.61. The van der Waals surface area contributed by atoms with Crippen LogP contribution in [0.4, 0.5) is 4.79 Å². The first-order valence-corrected chi connectivity index (χ1v) is 8.89. The monoisotopic (exact) mass is 365 g/mol. The Kier molecular flexibility index (Phi) is 5.05. The molecule has 2 aromatic rings. The van der Waals surface area contributed by atoms with Gasteiger partial charge in [-0.15, -0.1) is 11.3 Å². The number of carbonyl (C=O) groups excluding carboxylic acids is 2. The van der Waals surface area contributed by atoms with E-state index in [1.165, 1.54) is 16.2 Å². The smallest absolute Gasteiger partial charge is 0.293 e. The van der Waals surface area contributed by atoms with Gasteiger partial charge in [-0.1, -0.05) is 29.8 Å². The zero-order valence-electron chi connectivity index (χ0n) is 11.9. The maximum atomic E-state index is 12.3. The minimum Gasteiger partial charge on any atom is -0.490 e. The molecule has 1 saturated heterocycles. The summed E-state index contributed by atoms with van der Waals surface area (Å²) < 4.78 is 5.53. The van der Waals surface area contributed by atoms with Crippen molar-refractivity contribution in [2.75, 3.05) is 13.2 Å². The number of para-hydroxylation sites is 1. The first-order chi connectivity index (χ1) is 11.1. The van der Waals surface area contributed by atoms with E-state index in [2.05, 4.69) is 0 Å². The molecule has 1 aliphatic heterocycles. The van der Waals surface area contributed by atoms with E-state index in [0.29, 0.717) is 15.7 Å². The molecule has 0 atom stereocenters. The van der Waals surface area contributed by atoms with Gasteiger partial charge in [-0.2, -0.15) is 0 Å². The van der Waals surface area contributed by atoms with Gasteiger partial charge in [0.15, 0.2) is 0 Å². The van der Waals surface area contributed by atoms with Crippen LogP contribution in [0.25, 0.3) is 6.08 Å². The Morgan fingerprint density at radius 1 is 1.17 bits per heavy atom. The first-order valence-electron chi connectivity index (χ1n) is 6.81. The van der Waals surface area contributed by atoms with Crippen molar-refractivity contribution < 1.29 is 14.3 Å². The molecule has 7 heteroatoms. The van der Waals surface area contributed by atoms with Crippen molar-refractivity contribution in [3.8, 4) is 5.75 Å². The Hall–Kier alpha value is -1.76. The van der Waals surface area contributed by atoms with Crippen LogP contribution in [0, 0.1) is 0 Å². The number of nitrogens with zero attached hydrogens (tertiary/aromatic N) is 1. The van der Waals surface area contributed by atoms with Crippen LogP contribution < -0.4 is 4.74 Å². The maximum Gasteiger partial charge on any atom is 0.293 e. The molecule has 0 radical (unpaired) electrons. The van der Waals surface area contributed by atoms with Gasteiger partial charge >= 0.3 is 0 Å². The molecule has 0 unspecified atom stereocenters. The Morgan fingerprint density at radius 3 is 2.74 bits per heavy atom. The quantitative estimate of drug-likeness (QED) is 0.731. The third-order valence-electron chi connectivity index (χ3n) is 3.10. The van der Waals surface area contributed by atoms with Gasteiger partial charge < -0.3 is 4.74 Å². The van der Waals surface area contributed by atoms with Gasteiger partial charge in [-0.3, -0.25) is 14.5 Å². The molecule has 1 aromatic carbocycles. The Morgan fingerprint density at radius 2 is 2.00 bits per heavy atom. The summed E-state index contributed by atoms with van der Waals surface area (Å²) in [6.07, 6.45) is 1.74. The largest absolute Gasteiger partial charge is 0.490 e. The second-order valence-electron chi connectivity index (χ2n) is 4.63. The van der Waals surface area contributed by atoms with Gasteiger partial charge in [0.1, 0.15) is 12.4 Å². The number of hydrogen-bond donors (Lipinski definition) is 0. The second-order valence-corrected chi connectivity index (χ2v) is 7.01. The first kappa shape index (κ1) is 16.1. The van der Waals surface area contributed by atoms with Crippen LogP contribution in [0.5, 0.6) is 5.75 Å². The fourth-order valence-electron chi connectivity index (χ4n) is 2.00. The molecular weight excluding hydrogens is 354 g/mol. The number of thiophene rings is 1. The number of benzene rings is 1. The van der Waals surface area contributed by atoms with Crippen LogP contribution in [0.2, 0.25) is 5.02 Å². The number of imide groups is 1. The van der Waals surface area contributed by atoms with Gasteiger partial charge in [0.25, 0.3) is 11.1 Å². The Bertz CT molecular complexity index is 758. The lowest BCUT2D eigenvalue weighted by molar-refractivity contribution is -0.123. The SMILES string of the molecule is O=C1S/C(=C\c2cccs2)C(=O)N1CCOc1ccccc1Cl. The van der Waals surface area contributed by atoms with E-state index in [9.17, 15) is 9.59 Å². The van der Waals surface area contributed by atoms with Crippen LogP contribution in [0.1, 0.15) is 4.88 Å². The number of ether oxygens (including phenoxy) is 1. The highest BCUT2D eigenvalue weighted by Gasteiger charge is 2.34. The fraction of sp³-hybridized carbons (Fsp3) is 0.125. The Labute approximate surface area is 146 Å². The summed E-state index contributed by atoms with van der Waals surface area (Å²) >= 11 is 8.47. The van der Waals surface area contributed by atoms with Crippen molar-refractivity contribution in [1.82, 2.24) is 4.90 Å². The lowest BCUT2D eigenvalue weighted by atomic mass is 10.3. The number of carbonyl (C=O) groups is 2.